The highest BCUT2D eigenvalue weighted by molar-refractivity contribution is 4.81. The molecular weight excluding hydrogens is 164 g/mol. The van der Waals surface area contributed by atoms with Gasteiger partial charge in [-0.3, -0.25) is 0 Å². The maximum absolute atomic E-state index is 5.86. The molecule has 0 N–H and O–H groups in total. The van der Waals surface area contributed by atoms with Gasteiger partial charge in [0.1, 0.15) is 0 Å². The van der Waals surface area contributed by atoms with E-state index in [0.717, 1.165) is 6.42 Å². The maximum atomic E-state index is 5.86. The molecule has 2 heteroatoms. The summed E-state index contributed by atoms with van der Waals surface area (Å²) in [5.74, 6) is 1.83. The molecule has 0 aromatic heterocycles. The topological polar surface area (TPSA) is 18.5 Å². The summed E-state index contributed by atoms with van der Waals surface area (Å²) < 4.78 is 11.2. The summed E-state index contributed by atoms with van der Waals surface area (Å²) in [4.78, 5) is 0. The minimum Gasteiger partial charge on any atom is -0.356 e. The van der Waals surface area contributed by atoms with Crippen LogP contribution in [0.2, 0.25) is 0 Å². The van der Waals surface area contributed by atoms with Gasteiger partial charge in [-0.25, -0.2) is 0 Å². The van der Waals surface area contributed by atoms with Gasteiger partial charge in [0, 0.05) is 13.0 Å². The Bertz CT molecular complexity index is 138. The van der Waals surface area contributed by atoms with E-state index in [1.165, 1.54) is 0 Å². The third-order valence-corrected chi connectivity index (χ3v) is 3.62. The fraction of sp³-hybridized carbons (Fsp3) is 1.00. The molecule has 0 aromatic carbocycles. The zero-order chi connectivity index (χ0) is 10.0. The van der Waals surface area contributed by atoms with Gasteiger partial charge in [0.15, 0.2) is 6.29 Å². The second-order valence-corrected chi connectivity index (χ2v) is 4.26. The maximum Gasteiger partial charge on any atom is 0.160 e. The molecule has 0 amide bonds. The van der Waals surface area contributed by atoms with Crippen LogP contribution in [0.15, 0.2) is 0 Å². The van der Waals surface area contributed by atoms with Gasteiger partial charge in [-0.15, -0.1) is 0 Å². The van der Waals surface area contributed by atoms with Crippen molar-refractivity contribution in [3.05, 3.63) is 0 Å². The Morgan fingerprint density at radius 3 is 2.15 bits per heavy atom. The molecule has 78 valence electrons. The number of hydrogen-bond donors (Lipinski definition) is 0. The Morgan fingerprint density at radius 1 is 1.08 bits per heavy atom. The second-order valence-electron chi connectivity index (χ2n) is 4.26. The molecule has 13 heavy (non-hydrogen) atoms. The van der Waals surface area contributed by atoms with Crippen LogP contribution in [0.4, 0.5) is 0 Å². The summed E-state index contributed by atoms with van der Waals surface area (Å²) in [6.45, 7) is 8.96. The lowest BCUT2D eigenvalue weighted by atomic mass is 9.78. The standard InChI is InChI=1S/C11H22O2/c1-6-10-8(3)7(2)9(4)11(12-5)13-10/h7-11H,6H2,1-5H3. The number of methoxy groups -OCH3 is 1. The Morgan fingerprint density at radius 2 is 1.69 bits per heavy atom. The van der Waals surface area contributed by atoms with Crippen molar-refractivity contribution in [2.75, 3.05) is 7.11 Å². The quantitative estimate of drug-likeness (QED) is 0.660. The molecule has 5 atom stereocenters. The van der Waals surface area contributed by atoms with E-state index in [1.807, 2.05) is 0 Å². The van der Waals surface area contributed by atoms with Crippen molar-refractivity contribution in [2.24, 2.45) is 17.8 Å². The average Bonchev–Trinajstić information content (AvgIpc) is 2.15. The number of rotatable bonds is 2. The molecule has 1 aliphatic heterocycles. The zero-order valence-corrected chi connectivity index (χ0v) is 9.41. The van der Waals surface area contributed by atoms with Gasteiger partial charge in [-0.05, 0) is 18.3 Å². The highest BCUT2D eigenvalue weighted by atomic mass is 16.7. The Kier molecular flexibility index (Phi) is 3.74. The van der Waals surface area contributed by atoms with E-state index in [2.05, 4.69) is 27.7 Å². The van der Waals surface area contributed by atoms with Crippen LogP contribution >= 0.6 is 0 Å². The van der Waals surface area contributed by atoms with E-state index < -0.39 is 0 Å². The first kappa shape index (κ1) is 11.0. The summed E-state index contributed by atoms with van der Waals surface area (Å²) in [6, 6.07) is 0. The molecule has 0 bridgehead atoms. The van der Waals surface area contributed by atoms with Crippen molar-refractivity contribution < 1.29 is 9.47 Å². The van der Waals surface area contributed by atoms with Crippen molar-refractivity contribution >= 4 is 0 Å². The number of ether oxygens (including phenoxy) is 2. The SMILES string of the molecule is CCC1OC(OC)C(C)C(C)C1C. The van der Waals surface area contributed by atoms with Crippen LogP contribution in [0, 0.1) is 17.8 Å². The summed E-state index contributed by atoms with van der Waals surface area (Å²) in [5.41, 5.74) is 0. The van der Waals surface area contributed by atoms with Crippen LogP contribution in [0.1, 0.15) is 34.1 Å². The van der Waals surface area contributed by atoms with Gasteiger partial charge in [0.2, 0.25) is 0 Å². The molecule has 1 fully saturated rings. The van der Waals surface area contributed by atoms with E-state index >= 15 is 0 Å². The van der Waals surface area contributed by atoms with Crippen LogP contribution < -0.4 is 0 Å². The smallest absolute Gasteiger partial charge is 0.160 e. The fourth-order valence-corrected chi connectivity index (χ4v) is 2.22. The van der Waals surface area contributed by atoms with E-state index in [1.54, 1.807) is 7.11 Å². The van der Waals surface area contributed by atoms with Crippen molar-refractivity contribution in [3.63, 3.8) is 0 Å². The van der Waals surface area contributed by atoms with Gasteiger partial charge in [0.25, 0.3) is 0 Å². The van der Waals surface area contributed by atoms with Crippen LogP contribution in [0.3, 0.4) is 0 Å². The Hall–Kier alpha value is -0.0800. The highest BCUT2D eigenvalue weighted by Gasteiger charge is 2.38. The average molecular weight is 186 g/mol. The molecule has 0 aliphatic carbocycles. The van der Waals surface area contributed by atoms with E-state index in [4.69, 9.17) is 9.47 Å². The highest BCUT2D eigenvalue weighted by Crippen LogP contribution is 2.36. The van der Waals surface area contributed by atoms with Crippen LogP contribution in [-0.2, 0) is 9.47 Å². The summed E-state index contributed by atoms with van der Waals surface area (Å²) >= 11 is 0. The predicted octanol–water partition coefficient (Wildman–Crippen LogP) is 2.68. The van der Waals surface area contributed by atoms with Crippen LogP contribution in [0.5, 0.6) is 0 Å². The Labute approximate surface area is 81.6 Å². The normalized spacial score (nSPS) is 46.4. The van der Waals surface area contributed by atoms with Gasteiger partial charge in [-0.1, -0.05) is 27.7 Å². The van der Waals surface area contributed by atoms with Crippen molar-refractivity contribution in [2.45, 2.75) is 46.5 Å². The van der Waals surface area contributed by atoms with Gasteiger partial charge in [0.05, 0.1) is 6.10 Å². The summed E-state index contributed by atoms with van der Waals surface area (Å²) in [5, 5.41) is 0. The summed E-state index contributed by atoms with van der Waals surface area (Å²) in [6.07, 6.45) is 1.45. The molecule has 1 rings (SSSR count). The second kappa shape index (κ2) is 4.43. The third-order valence-electron chi connectivity index (χ3n) is 3.62. The molecule has 5 unspecified atom stereocenters. The minimum absolute atomic E-state index is 0.00356. The molecule has 0 saturated carbocycles. The van der Waals surface area contributed by atoms with Crippen molar-refractivity contribution in [1.82, 2.24) is 0 Å². The van der Waals surface area contributed by atoms with E-state index in [0.29, 0.717) is 23.9 Å². The molecular formula is C11H22O2. The molecule has 1 heterocycles. The van der Waals surface area contributed by atoms with Crippen molar-refractivity contribution in [1.29, 1.82) is 0 Å². The predicted molar refractivity (Wildman–Crippen MR) is 53.5 cm³/mol. The van der Waals surface area contributed by atoms with E-state index in [9.17, 15) is 0 Å². The lowest BCUT2D eigenvalue weighted by Crippen LogP contribution is -2.45. The van der Waals surface area contributed by atoms with Gasteiger partial charge < -0.3 is 9.47 Å². The molecule has 0 radical (unpaired) electrons. The lowest BCUT2D eigenvalue weighted by Gasteiger charge is -2.42. The fourth-order valence-electron chi connectivity index (χ4n) is 2.22. The molecule has 0 aromatic rings. The molecule has 0 spiro atoms. The summed E-state index contributed by atoms with van der Waals surface area (Å²) in [7, 11) is 1.73. The lowest BCUT2D eigenvalue weighted by molar-refractivity contribution is -0.237. The largest absolute Gasteiger partial charge is 0.356 e. The number of hydrogen-bond acceptors (Lipinski definition) is 2. The first-order valence-electron chi connectivity index (χ1n) is 5.30. The van der Waals surface area contributed by atoms with Crippen molar-refractivity contribution in [3.8, 4) is 0 Å². The first-order valence-corrected chi connectivity index (χ1v) is 5.30. The third kappa shape index (κ3) is 2.05. The molecule has 1 aliphatic rings. The zero-order valence-electron chi connectivity index (χ0n) is 9.41. The first-order chi connectivity index (χ1) is 6.11. The van der Waals surface area contributed by atoms with Gasteiger partial charge >= 0.3 is 0 Å². The van der Waals surface area contributed by atoms with E-state index in [-0.39, 0.29) is 6.29 Å². The molecule has 2 nitrogen and oxygen atoms in total. The monoisotopic (exact) mass is 186 g/mol. The van der Waals surface area contributed by atoms with Crippen LogP contribution in [-0.4, -0.2) is 19.5 Å². The molecule has 1 saturated heterocycles. The Balaban J connectivity index is 2.66. The van der Waals surface area contributed by atoms with Crippen LogP contribution in [0.25, 0.3) is 0 Å². The minimum atomic E-state index is -0.00356. The van der Waals surface area contributed by atoms with Gasteiger partial charge in [-0.2, -0.15) is 0 Å².